The lowest BCUT2D eigenvalue weighted by Gasteiger charge is -2.08. The number of benzene rings is 3. The summed E-state index contributed by atoms with van der Waals surface area (Å²) in [5.41, 5.74) is 1.86. The Balaban J connectivity index is 1.86. The molecule has 23 heavy (non-hydrogen) atoms. The Kier molecular flexibility index (Phi) is 5.31. The van der Waals surface area contributed by atoms with Crippen LogP contribution in [0.5, 0.6) is 11.5 Å². The number of para-hydroxylation sites is 2. The molecule has 3 rings (SSSR count). The minimum absolute atomic E-state index is 0.686. The van der Waals surface area contributed by atoms with Crippen LogP contribution in [-0.2, 0) is 0 Å². The van der Waals surface area contributed by atoms with Crippen LogP contribution in [0.1, 0.15) is 5.56 Å². The van der Waals surface area contributed by atoms with Gasteiger partial charge in [-0.05, 0) is 71.1 Å². The van der Waals surface area contributed by atoms with Gasteiger partial charge in [0.05, 0.1) is 5.69 Å². The quantitative estimate of drug-likeness (QED) is 0.340. The summed E-state index contributed by atoms with van der Waals surface area (Å²) >= 11 is 8.18. The zero-order valence-electron chi connectivity index (χ0n) is 12.1. The number of aliphatic imine (C=N–C) groups is 1. The smallest absolute Gasteiger partial charge is 0.136 e. The van der Waals surface area contributed by atoms with Crippen molar-refractivity contribution < 1.29 is 4.74 Å². The molecule has 0 atom stereocenters. The number of ether oxygens (including phenoxy) is 1. The molecule has 0 amide bonds. The number of nitrogens with zero attached hydrogens (tertiary/aromatic N) is 1. The summed E-state index contributed by atoms with van der Waals surface area (Å²) in [6, 6.07) is 23.1. The third-order valence-corrected chi connectivity index (χ3v) is 4.32. The van der Waals surface area contributed by atoms with E-state index in [9.17, 15) is 0 Å². The van der Waals surface area contributed by atoms with Crippen molar-refractivity contribution in [2.75, 3.05) is 0 Å². The average molecular weight is 434 g/mol. The number of rotatable bonds is 4. The summed E-state index contributed by atoms with van der Waals surface area (Å²) in [6.45, 7) is 0. The SMILES string of the molecule is Clc1ccc(Oc2ccccc2C=Nc2ccccc2I)cc1. The first-order valence-electron chi connectivity index (χ1n) is 7.03. The highest BCUT2D eigenvalue weighted by Crippen LogP contribution is 2.26. The maximum atomic E-state index is 5.93. The highest BCUT2D eigenvalue weighted by atomic mass is 127. The van der Waals surface area contributed by atoms with E-state index in [0.717, 1.165) is 26.3 Å². The van der Waals surface area contributed by atoms with E-state index in [0.29, 0.717) is 5.02 Å². The van der Waals surface area contributed by atoms with Crippen LogP contribution in [0, 0.1) is 3.57 Å². The Morgan fingerprint density at radius 3 is 2.35 bits per heavy atom. The lowest BCUT2D eigenvalue weighted by molar-refractivity contribution is 0.482. The van der Waals surface area contributed by atoms with Crippen LogP contribution in [0.15, 0.2) is 77.8 Å². The van der Waals surface area contributed by atoms with Gasteiger partial charge in [0, 0.05) is 20.4 Å². The monoisotopic (exact) mass is 433 g/mol. The molecule has 0 spiro atoms. The van der Waals surface area contributed by atoms with E-state index >= 15 is 0 Å². The van der Waals surface area contributed by atoms with E-state index in [4.69, 9.17) is 16.3 Å². The molecule has 0 unspecified atom stereocenters. The van der Waals surface area contributed by atoms with E-state index in [1.807, 2.05) is 66.9 Å². The molecule has 0 saturated heterocycles. The first-order chi connectivity index (χ1) is 11.2. The molecule has 0 heterocycles. The van der Waals surface area contributed by atoms with Gasteiger partial charge in [-0.1, -0.05) is 35.9 Å². The fourth-order valence-corrected chi connectivity index (χ4v) is 2.66. The van der Waals surface area contributed by atoms with Crippen LogP contribution in [0.3, 0.4) is 0 Å². The molecule has 0 radical (unpaired) electrons. The largest absolute Gasteiger partial charge is 0.457 e. The van der Waals surface area contributed by atoms with Gasteiger partial charge in [-0.15, -0.1) is 0 Å². The second kappa shape index (κ2) is 7.62. The second-order valence-electron chi connectivity index (χ2n) is 4.80. The highest BCUT2D eigenvalue weighted by molar-refractivity contribution is 14.1. The summed E-state index contributed by atoms with van der Waals surface area (Å²) < 4.78 is 7.04. The molecule has 0 N–H and O–H groups in total. The lowest BCUT2D eigenvalue weighted by atomic mass is 10.2. The Bertz CT molecular complexity index is 831. The van der Waals surface area contributed by atoms with Crippen LogP contribution in [0.25, 0.3) is 0 Å². The fourth-order valence-electron chi connectivity index (χ4n) is 2.01. The first-order valence-corrected chi connectivity index (χ1v) is 8.49. The van der Waals surface area contributed by atoms with Crippen molar-refractivity contribution in [3.05, 3.63) is 87.0 Å². The Morgan fingerprint density at radius 2 is 1.57 bits per heavy atom. The standard InChI is InChI=1S/C19H13ClINO/c20-15-9-11-16(12-10-15)23-19-8-4-1-5-14(19)13-22-18-7-3-2-6-17(18)21/h1-13H. The van der Waals surface area contributed by atoms with Gasteiger partial charge in [-0.2, -0.15) is 0 Å². The molecule has 4 heteroatoms. The zero-order valence-corrected chi connectivity index (χ0v) is 15.0. The molecule has 3 aromatic rings. The Labute approximate surface area is 153 Å². The van der Waals surface area contributed by atoms with Crippen molar-refractivity contribution in [1.29, 1.82) is 0 Å². The van der Waals surface area contributed by atoms with Gasteiger partial charge < -0.3 is 4.74 Å². The predicted octanol–water partition coefficient (Wildman–Crippen LogP) is 6.49. The van der Waals surface area contributed by atoms with Crippen LogP contribution in [0.2, 0.25) is 5.02 Å². The summed E-state index contributed by atoms with van der Waals surface area (Å²) in [5.74, 6) is 1.49. The van der Waals surface area contributed by atoms with Crippen molar-refractivity contribution in [2.24, 2.45) is 4.99 Å². The molecule has 0 bridgehead atoms. The molecule has 0 aliphatic heterocycles. The van der Waals surface area contributed by atoms with Crippen molar-refractivity contribution in [3.63, 3.8) is 0 Å². The number of hydrogen-bond donors (Lipinski definition) is 0. The Morgan fingerprint density at radius 1 is 0.870 bits per heavy atom. The molecule has 0 fully saturated rings. The molecular weight excluding hydrogens is 421 g/mol. The summed E-state index contributed by atoms with van der Waals surface area (Å²) in [7, 11) is 0. The van der Waals surface area contributed by atoms with Gasteiger partial charge in [0.25, 0.3) is 0 Å². The van der Waals surface area contributed by atoms with Crippen molar-refractivity contribution in [1.82, 2.24) is 0 Å². The van der Waals surface area contributed by atoms with Crippen molar-refractivity contribution >= 4 is 46.1 Å². The zero-order chi connectivity index (χ0) is 16.1. The third-order valence-electron chi connectivity index (χ3n) is 3.16. The molecular formula is C19H13ClINO. The van der Waals surface area contributed by atoms with E-state index < -0.39 is 0 Å². The molecule has 0 aliphatic carbocycles. The topological polar surface area (TPSA) is 21.6 Å². The third kappa shape index (κ3) is 4.33. The van der Waals surface area contributed by atoms with E-state index in [1.54, 1.807) is 12.1 Å². The molecule has 114 valence electrons. The van der Waals surface area contributed by atoms with Crippen LogP contribution in [0.4, 0.5) is 5.69 Å². The lowest BCUT2D eigenvalue weighted by Crippen LogP contribution is -1.90. The normalized spacial score (nSPS) is 10.9. The average Bonchev–Trinajstić information content (AvgIpc) is 2.57. The maximum Gasteiger partial charge on any atom is 0.136 e. The maximum absolute atomic E-state index is 5.93. The number of halogens is 2. The molecule has 0 aromatic heterocycles. The van der Waals surface area contributed by atoms with E-state index in [2.05, 4.69) is 27.6 Å². The van der Waals surface area contributed by atoms with Gasteiger partial charge in [-0.25, -0.2) is 0 Å². The minimum atomic E-state index is 0.686. The van der Waals surface area contributed by atoms with Crippen LogP contribution < -0.4 is 4.74 Å². The molecule has 0 saturated carbocycles. The summed E-state index contributed by atoms with van der Waals surface area (Å²) in [5, 5.41) is 0.686. The Hall–Kier alpha value is -1.85. The number of hydrogen-bond acceptors (Lipinski definition) is 2. The van der Waals surface area contributed by atoms with Gasteiger partial charge in [0.2, 0.25) is 0 Å². The van der Waals surface area contributed by atoms with Crippen LogP contribution >= 0.6 is 34.2 Å². The van der Waals surface area contributed by atoms with Crippen molar-refractivity contribution in [3.8, 4) is 11.5 Å². The van der Waals surface area contributed by atoms with Gasteiger partial charge >= 0.3 is 0 Å². The van der Waals surface area contributed by atoms with E-state index in [1.165, 1.54) is 0 Å². The van der Waals surface area contributed by atoms with Crippen LogP contribution in [-0.4, -0.2) is 6.21 Å². The summed E-state index contributed by atoms with van der Waals surface area (Å²) in [4.78, 5) is 4.56. The van der Waals surface area contributed by atoms with Gasteiger partial charge in [0.1, 0.15) is 11.5 Å². The highest BCUT2D eigenvalue weighted by Gasteiger charge is 2.03. The van der Waals surface area contributed by atoms with Crippen molar-refractivity contribution in [2.45, 2.75) is 0 Å². The second-order valence-corrected chi connectivity index (χ2v) is 6.40. The predicted molar refractivity (Wildman–Crippen MR) is 104 cm³/mol. The minimum Gasteiger partial charge on any atom is -0.457 e. The van der Waals surface area contributed by atoms with Gasteiger partial charge in [-0.3, -0.25) is 4.99 Å². The first kappa shape index (κ1) is 16.0. The molecule has 0 aliphatic rings. The molecule has 3 aromatic carbocycles. The van der Waals surface area contributed by atoms with Gasteiger partial charge in [0.15, 0.2) is 0 Å². The molecule has 2 nitrogen and oxygen atoms in total. The summed E-state index contributed by atoms with van der Waals surface area (Å²) in [6.07, 6.45) is 1.82. The van der Waals surface area contributed by atoms with E-state index in [-0.39, 0.29) is 0 Å². The fraction of sp³-hybridized carbons (Fsp3) is 0.